The molecule has 1 N–H and O–H groups in total. The number of rotatable bonds is 0. The van der Waals surface area contributed by atoms with Gasteiger partial charge in [0.05, 0.1) is 0 Å². The van der Waals surface area contributed by atoms with Gasteiger partial charge < -0.3 is 19.3 Å². The molecular formula is C15H22O4. The third kappa shape index (κ3) is 1.38. The first-order valence-corrected chi connectivity index (χ1v) is 7.36. The molecule has 0 aromatic carbocycles. The van der Waals surface area contributed by atoms with Crippen LogP contribution in [0.4, 0.5) is 0 Å². The monoisotopic (exact) mass is 266 g/mol. The van der Waals surface area contributed by atoms with Gasteiger partial charge in [-0.3, -0.25) is 0 Å². The summed E-state index contributed by atoms with van der Waals surface area (Å²) in [7, 11) is 0. The van der Waals surface area contributed by atoms with E-state index < -0.39 is 24.0 Å². The topological polar surface area (TPSA) is 47.9 Å². The molecule has 19 heavy (non-hydrogen) atoms. The smallest absolute Gasteiger partial charge is 0.194 e. The normalized spacial score (nSPS) is 59.9. The van der Waals surface area contributed by atoms with E-state index in [0.717, 1.165) is 31.3 Å². The Morgan fingerprint density at radius 2 is 2.11 bits per heavy atom. The van der Waals surface area contributed by atoms with Crippen LogP contribution >= 0.6 is 0 Å². The molecule has 1 aliphatic carbocycles. The summed E-state index contributed by atoms with van der Waals surface area (Å²) in [5.41, 5.74) is 0.351. The van der Waals surface area contributed by atoms with E-state index in [1.807, 2.05) is 6.92 Å². The van der Waals surface area contributed by atoms with Gasteiger partial charge in [-0.25, -0.2) is 0 Å². The molecule has 0 aromatic heterocycles. The molecule has 4 rings (SSSR count). The van der Waals surface area contributed by atoms with Crippen molar-refractivity contribution in [2.24, 2.45) is 17.8 Å². The minimum absolute atomic E-state index is 0.157. The molecule has 0 unspecified atom stereocenters. The molecular weight excluding hydrogens is 244 g/mol. The first-order valence-electron chi connectivity index (χ1n) is 7.36. The van der Waals surface area contributed by atoms with Crippen molar-refractivity contribution in [3.8, 4) is 0 Å². The molecule has 2 bridgehead atoms. The molecule has 0 radical (unpaired) electrons. The van der Waals surface area contributed by atoms with Gasteiger partial charge in [0.2, 0.25) is 0 Å². The van der Waals surface area contributed by atoms with Crippen molar-refractivity contribution < 1.29 is 19.3 Å². The van der Waals surface area contributed by atoms with E-state index in [-0.39, 0.29) is 5.92 Å². The number of aliphatic hydroxyl groups excluding tert-OH is 1. The molecule has 4 fully saturated rings. The summed E-state index contributed by atoms with van der Waals surface area (Å²) in [6.07, 6.45) is 2.82. The van der Waals surface area contributed by atoms with Gasteiger partial charge in [0.1, 0.15) is 5.60 Å². The third-order valence-corrected chi connectivity index (χ3v) is 5.77. The number of ether oxygens (including phenoxy) is 3. The van der Waals surface area contributed by atoms with Crippen LogP contribution in [0.1, 0.15) is 39.5 Å². The van der Waals surface area contributed by atoms with Crippen molar-refractivity contribution in [3.05, 3.63) is 12.2 Å². The zero-order valence-electron chi connectivity index (χ0n) is 11.6. The van der Waals surface area contributed by atoms with Crippen LogP contribution < -0.4 is 0 Å². The van der Waals surface area contributed by atoms with Crippen molar-refractivity contribution in [1.82, 2.24) is 0 Å². The second-order valence-corrected chi connectivity index (χ2v) is 6.85. The number of hydrogen-bond acceptors (Lipinski definition) is 4. The van der Waals surface area contributed by atoms with E-state index in [0.29, 0.717) is 11.8 Å². The van der Waals surface area contributed by atoms with E-state index >= 15 is 0 Å². The number of hydrogen-bond donors (Lipinski definition) is 1. The molecule has 1 saturated carbocycles. The van der Waals surface area contributed by atoms with E-state index in [1.54, 1.807) is 0 Å². The molecule has 3 heterocycles. The Kier molecular flexibility index (Phi) is 2.34. The lowest BCUT2D eigenvalue weighted by Crippen LogP contribution is -2.64. The van der Waals surface area contributed by atoms with Crippen LogP contribution in [0, 0.1) is 17.8 Å². The molecule has 3 saturated heterocycles. The molecule has 4 aliphatic rings. The van der Waals surface area contributed by atoms with Crippen LogP contribution in [-0.4, -0.2) is 29.1 Å². The number of aliphatic hydroxyl groups is 1. The van der Waals surface area contributed by atoms with Crippen LogP contribution in [0.15, 0.2) is 12.2 Å². The Balaban J connectivity index is 1.84. The van der Waals surface area contributed by atoms with Crippen LogP contribution in [0.25, 0.3) is 0 Å². The summed E-state index contributed by atoms with van der Waals surface area (Å²) < 4.78 is 18.1. The summed E-state index contributed by atoms with van der Waals surface area (Å²) in [6.45, 7) is 8.34. The average Bonchev–Trinajstić information content (AvgIpc) is 2.56. The van der Waals surface area contributed by atoms with Gasteiger partial charge in [-0.2, -0.15) is 0 Å². The van der Waals surface area contributed by atoms with Crippen molar-refractivity contribution in [2.75, 3.05) is 0 Å². The van der Waals surface area contributed by atoms with Gasteiger partial charge in [-0.1, -0.05) is 13.5 Å². The second kappa shape index (κ2) is 3.61. The first kappa shape index (κ1) is 12.3. The van der Waals surface area contributed by atoms with E-state index in [4.69, 9.17) is 14.2 Å². The predicted octanol–water partition coefficient (Wildman–Crippen LogP) is 2.18. The largest absolute Gasteiger partial charge is 0.364 e. The molecule has 1 spiro atoms. The molecule has 0 amide bonds. The Labute approximate surface area is 113 Å². The minimum atomic E-state index is -0.916. The summed E-state index contributed by atoms with van der Waals surface area (Å²) in [6, 6.07) is 0. The van der Waals surface area contributed by atoms with E-state index in [1.165, 1.54) is 0 Å². The quantitative estimate of drug-likeness (QED) is 0.683. The maximum Gasteiger partial charge on any atom is 0.194 e. The van der Waals surface area contributed by atoms with Crippen LogP contribution in [0.5, 0.6) is 0 Å². The molecule has 0 aromatic rings. The van der Waals surface area contributed by atoms with Crippen LogP contribution in [-0.2, 0) is 14.2 Å². The van der Waals surface area contributed by atoms with Gasteiger partial charge in [-0.05, 0) is 43.6 Å². The number of fused-ring (bicyclic) bond motifs is 1. The molecule has 4 nitrogen and oxygen atoms in total. The van der Waals surface area contributed by atoms with Crippen molar-refractivity contribution in [1.29, 1.82) is 0 Å². The van der Waals surface area contributed by atoms with Crippen molar-refractivity contribution in [3.63, 3.8) is 0 Å². The lowest BCUT2D eigenvalue weighted by atomic mass is 9.58. The van der Waals surface area contributed by atoms with Crippen molar-refractivity contribution in [2.45, 2.75) is 63.5 Å². The summed E-state index contributed by atoms with van der Waals surface area (Å²) >= 11 is 0. The van der Waals surface area contributed by atoms with Gasteiger partial charge in [-0.15, -0.1) is 0 Å². The van der Waals surface area contributed by atoms with E-state index in [9.17, 15) is 5.11 Å². The van der Waals surface area contributed by atoms with Crippen LogP contribution in [0.2, 0.25) is 0 Å². The molecule has 106 valence electrons. The fourth-order valence-electron chi connectivity index (χ4n) is 4.83. The highest BCUT2D eigenvalue weighted by atomic mass is 16.9. The van der Waals surface area contributed by atoms with Crippen molar-refractivity contribution >= 4 is 0 Å². The Hall–Kier alpha value is -0.420. The first-order chi connectivity index (χ1) is 8.96. The summed E-state index contributed by atoms with van der Waals surface area (Å²) in [5.74, 6) is 0.651. The lowest BCUT2D eigenvalue weighted by Gasteiger charge is -2.56. The average molecular weight is 266 g/mol. The van der Waals surface area contributed by atoms with Gasteiger partial charge >= 0.3 is 0 Å². The Morgan fingerprint density at radius 3 is 2.89 bits per heavy atom. The highest BCUT2D eigenvalue weighted by Gasteiger charge is 2.70. The minimum Gasteiger partial charge on any atom is -0.364 e. The fourth-order valence-corrected chi connectivity index (χ4v) is 4.83. The summed E-state index contributed by atoms with van der Waals surface area (Å²) in [4.78, 5) is 0. The molecule has 3 aliphatic heterocycles. The molecule has 4 heteroatoms. The zero-order valence-corrected chi connectivity index (χ0v) is 11.6. The lowest BCUT2D eigenvalue weighted by molar-refractivity contribution is -0.280. The third-order valence-electron chi connectivity index (χ3n) is 5.77. The summed E-state index contributed by atoms with van der Waals surface area (Å²) in [5, 5.41) is 10.0. The predicted molar refractivity (Wildman–Crippen MR) is 67.9 cm³/mol. The SMILES string of the molecule is C=C1[C@H](O)O[C@@H]2O[C@]3(C)CC[C@H]4[C@H](C)CC[C@@H]1[C@@]24O3. The standard InChI is InChI=1S/C15H22O4/c1-8-4-5-11-9(2)12(16)17-13-15(11)10(8)6-7-14(3,18-13)19-15/h8,10-13,16H,2,4-7H2,1,3H3/t8-,10+,11+,12-,13-,14+,15-/m1/s1. The highest BCUT2D eigenvalue weighted by molar-refractivity contribution is 5.23. The Bertz CT molecular complexity index is 436. The van der Waals surface area contributed by atoms with Gasteiger partial charge in [0.15, 0.2) is 18.4 Å². The van der Waals surface area contributed by atoms with E-state index in [2.05, 4.69) is 13.5 Å². The fraction of sp³-hybridized carbons (Fsp3) is 0.867. The maximum absolute atomic E-state index is 10.0. The van der Waals surface area contributed by atoms with Gasteiger partial charge in [0.25, 0.3) is 0 Å². The maximum atomic E-state index is 10.0. The molecule has 7 atom stereocenters. The zero-order chi connectivity index (χ0) is 13.4. The van der Waals surface area contributed by atoms with Crippen LogP contribution in [0.3, 0.4) is 0 Å². The second-order valence-electron chi connectivity index (χ2n) is 6.85. The highest BCUT2D eigenvalue weighted by Crippen LogP contribution is 2.62. The Morgan fingerprint density at radius 1 is 1.32 bits per heavy atom. The van der Waals surface area contributed by atoms with Gasteiger partial charge in [0, 0.05) is 12.3 Å².